The number of hydrogen-bond acceptors (Lipinski definition) is 9. The third-order valence-electron chi connectivity index (χ3n) is 7.13. The van der Waals surface area contributed by atoms with Gasteiger partial charge in [0.2, 0.25) is 0 Å². The van der Waals surface area contributed by atoms with E-state index in [1.807, 2.05) is 25.3 Å². The van der Waals surface area contributed by atoms with Gasteiger partial charge < -0.3 is 10.2 Å². The van der Waals surface area contributed by atoms with Gasteiger partial charge in [-0.15, -0.1) is 0 Å². The summed E-state index contributed by atoms with van der Waals surface area (Å²) in [5.41, 5.74) is 3.28. The maximum atomic E-state index is 13.3. The van der Waals surface area contributed by atoms with Crippen LogP contribution in [0.25, 0.3) is 22.3 Å². The molecule has 1 saturated carbocycles. The van der Waals surface area contributed by atoms with E-state index in [1.54, 1.807) is 24.5 Å². The summed E-state index contributed by atoms with van der Waals surface area (Å²) in [6.45, 7) is 3.05. The van der Waals surface area contributed by atoms with E-state index in [0.29, 0.717) is 36.3 Å². The topological polar surface area (TPSA) is 113 Å². The largest absolute Gasteiger partial charge is 0.349 e. The number of anilines is 3. The van der Waals surface area contributed by atoms with E-state index in [0.717, 1.165) is 40.7 Å². The van der Waals surface area contributed by atoms with Crippen LogP contribution in [0.5, 0.6) is 0 Å². The number of hydrogen-bond donors (Lipinski definition) is 2. The van der Waals surface area contributed by atoms with Crippen molar-refractivity contribution >= 4 is 38.1 Å². The van der Waals surface area contributed by atoms with Crippen molar-refractivity contribution in [2.45, 2.75) is 37.1 Å². The Balaban J connectivity index is 1.46. The van der Waals surface area contributed by atoms with Crippen molar-refractivity contribution < 1.29 is 12.8 Å². The molecule has 196 valence electrons. The van der Waals surface area contributed by atoms with Gasteiger partial charge >= 0.3 is 0 Å². The molecule has 2 atom stereocenters. The molecule has 1 unspecified atom stereocenters. The smallest absolute Gasteiger partial charge is 0.165 e. The van der Waals surface area contributed by atoms with Crippen molar-refractivity contribution in [3.05, 3.63) is 66.4 Å². The van der Waals surface area contributed by atoms with Gasteiger partial charge in [-0.25, -0.2) is 27.8 Å². The highest BCUT2D eigenvalue weighted by Crippen LogP contribution is 2.45. The molecule has 4 heterocycles. The lowest BCUT2D eigenvalue weighted by molar-refractivity contribution is 0.444. The van der Waals surface area contributed by atoms with Crippen LogP contribution in [0.1, 0.15) is 31.2 Å². The molecule has 38 heavy (non-hydrogen) atoms. The van der Waals surface area contributed by atoms with E-state index in [1.165, 1.54) is 18.4 Å². The van der Waals surface area contributed by atoms with Crippen LogP contribution in [-0.4, -0.2) is 59.1 Å². The Kier molecular flexibility index (Phi) is 6.19. The third kappa shape index (κ3) is 4.79. The SMILES string of the molecule is C[C@@H]1C(S(C)(=O)=O)NCCN1c1nc(-c2ccnc(Nc3ccc(F)cc3)c2)nc2cncc(C3CC3)c12. The number of benzene rings is 1. The molecule has 0 spiro atoms. The average Bonchev–Trinajstić information content (AvgIpc) is 3.74. The monoisotopic (exact) mass is 533 g/mol. The first-order valence-electron chi connectivity index (χ1n) is 12.6. The molecule has 0 amide bonds. The summed E-state index contributed by atoms with van der Waals surface area (Å²) in [5.74, 6) is 1.89. The Hall–Kier alpha value is -3.70. The van der Waals surface area contributed by atoms with Gasteiger partial charge in [0.05, 0.1) is 17.8 Å². The van der Waals surface area contributed by atoms with Gasteiger partial charge in [-0.3, -0.25) is 10.3 Å². The Bertz CT molecular complexity index is 1610. The number of aromatic nitrogens is 4. The molecule has 0 bridgehead atoms. The van der Waals surface area contributed by atoms with Crippen molar-refractivity contribution in [2.75, 3.05) is 29.6 Å². The number of pyridine rings is 2. The molecule has 6 rings (SSSR count). The molecule has 3 aromatic heterocycles. The molecular weight excluding hydrogens is 505 g/mol. The first-order chi connectivity index (χ1) is 18.3. The molecule has 2 N–H and O–H groups in total. The molecule has 1 saturated heterocycles. The van der Waals surface area contributed by atoms with Gasteiger partial charge in [-0.2, -0.15) is 0 Å². The lowest BCUT2D eigenvalue weighted by Crippen LogP contribution is -2.59. The highest BCUT2D eigenvalue weighted by molar-refractivity contribution is 7.91. The first kappa shape index (κ1) is 24.6. The molecular formula is C27H28FN7O2S. The number of nitrogens with one attached hydrogen (secondary N) is 2. The number of halogens is 1. The van der Waals surface area contributed by atoms with Crippen LogP contribution in [0.15, 0.2) is 55.0 Å². The maximum Gasteiger partial charge on any atom is 0.165 e. The van der Waals surface area contributed by atoms with Gasteiger partial charge in [-0.05, 0) is 67.6 Å². The fraction of sp³-hybridized carbons (Fsp3) is 0.333. The molecule has 11 heteroatoms. The number of piperazine rings is 1. The van der Waals surface area contributed by atoms with E-state index in [2.05, 4.69) is 25.5 Å². The van der Waals surface area contributed by atoms with E-state index in [-0.39, 0.29) is 11.9 Å². The van der Waals surface area contributed by atoms with Crippen molar-refractivity contribution in [3.63, 3.8) is 0 Å². The summed E-state index contributed by atoms with van der Waals surface area (Å²) in [4.78, 5) is 20.9. The Morgan fingerprint density at radius 2 is 1.89 bits per heavy atom. The van der Waals surface area contributed by atoms with Crippen LogP contribution in [0.3, 0.4) is 0 Å². The minimum Gasteiger partial charge on any atom is -0.349 e. The highest BCUT2D eigenvalue weighted by atomic mass is 32.2. The number of sulfone groups is 1. The fourth-order valence-electron chi connectivity index (χ4n) is 5.12. The van der Waals surface area contributed by atoms with Gasteiger partial charge in [0.1, 0.15) is 22.8 Å². The zero-order chi connectivity index (χ0) is 26.4. The summed E-state index contributed by atoms with van der Waals surface area (Å²) in [6.07, 6.45) is 8.75. The number of fused-ring (bicyclic) bond motifs is 1. The van der Waals surface area contributed by atoms with Crippen molar-refractivity contribution in [2.24, 2.45) is 0 Å². The molecule has 0 radical (unpaired) electrons. The summed E-state index contributed by atoms with van der Waals surface area (Å²) in [7, 11) is -3.33. The summed E-state index contributed by atoms with van der Waals surface area (Å²) in [6, 6.07) is 9.39. The Labute approximate surface area is 220 Å². The molecule has 1 aliphatic carbocycles. The second-order valence-corrected chi connectivity index (χ2v) is 12.1. The predicted molar refractivity (Wildman–Crippen MR) is 146 cm³/mol. The second-order valence-electron chi connectivity index (χ2n) is 9.97. The van der Waals surface area contributed by atoms with Crippen molar-refractivity contribution in [1.29, 1.82) is 0 Å². The minimum atomic E-state index is -3.33. The number of rotatable bonds is 6. The van der Waals surface area contributed by atoms with Crippen LogP contribution >= 0.6 is 0 Å². The van der Waals surface area contributed by atoms with E-state index in [9.17, 15) is 12.8 Å². The molecule has 2 aliphatic rings. The summed E-state index contributed by atoms with van der Waals surface area (Å²) in [5, 5.41) is 6.58. The molecule has 1 aromatic carbocycles. The van der Waals surface area contributed by atoms with Crippen LogP contribution in [0.2, 0.25) is 0 Å². The first-order valence-corrected chi connectivity index (χ1v) is 14.6. The van der Waals surface area contributed by atoms with Gasteiger partial charge in [0, 0.05) is 48.4 Å². The van der Waals surface area contributed by atoms with Gasteiger partial charge in [0.15, 0.2) is 15.7 Å². The minimum absolute atomic E-state index is 0.311. The van der Waals surface area contributed by atoms with E-state index >= 15 is 0 Å². The summed E-state index contributed by atoms with van der Waals surface area (Å²) < 4.78 is 38.4. The van der Waals surface area contributed by atoms with Crippen LogP contribution in [-0.2, 0) is 9.84 Å². The van der Waals surface area contributed by atoms with Crippen LogP contribution < -0.4 is 15.5 Å². The van der Waals surface area contributed by atoms with Crippen LogP contribution in [0.4, 0.5) is 21.7 Å². The van der Waals surface area contributed by atoms with Crippen LogP contribution in [0, 0.1) is 5.82 Å². The molecule has 2 fully saturated rings. The Morgan fingerprint density at radius 1 is 1.11 bits per heavy atom. The van der Waals surface area contributed by atoms with Crippen molar-refractivity contribution in [3.8, 4) is 11.4 Å². The predicted octanol–water partition coefficient (Wildman–Crippen LogP) is 4.02. The lowest BCUT2D eigenvalue weighted by atomic mass is 10.1. The summed E-state index contributed by atoms with van der Waals surface area (Å²) >= 11 is 0. The average molecular weight is 534 g/mol. The Morgan fingerprint density at radius 3 is 2.63 bits per heavy atom. The second kappa shape index (κ2) is 9.55. The highest BCUT2D eigenvalue weighted by Gasteiger charge is 2.37. The molecule has 4 aromatic rings. The van der Waals surface area contributed by atoms with Gasteiger partial charge in [-0.1, -0.05) is 0 Å². The normalized spacial score (nSPS) is 20.0. The maximum absolute atomic E-state index is 13.3. The fourth-order valence-corrected chi connectivity index (χ4v) is 6.40. The van der Waals surface area contributed by atoms with Gasteiger partial charge in [0.25, 0.3) is 0 Å². The van der Waals surface area contributed by atoms with E-state index in [4.69, 9.17) is 9.97 Å². The number of nitrogens with zero attached hydrogens (tertiary/aromatic N) is 5. The van der Waals surface area contributed by atoms with E-state index < -0.39 is 15.2 Å². The zero-order valence-electron chi connectivity index (χ0n) is 21.1. The zero-order valence-corrected chi connectivity index (χ0v) is 21.9. The third-order valence-corrected chi connectivity index (χ3v) is 8.61. The standard InChI is InChI=1S/C27H28FN7O2S/c1-16-27(38(2,36)37)31-11-12-35(16)26-24-21(17-3-4-17)14-29-15-22(24)33-25(34-26)18-9-10-30-23(13-18)32-20-7-5-19(28)6-8-20/h5-10,13-17,27,31H,3-4,11-12H2,1-2H3,(H,30,32)/t16-,27?/m1/s1. The van der Waals surface area contributed by atoms with Crippen molar-refractivity contribution in [1.82, 2.24) is 25.3 Å². The molecule has 1 aliphatic heterocycles. The quantitative estimate of drug-likeness (QED) is 0.379. The lowest BCUT2D eigenvalue weighted by Gasteiger charge is -2.40. The molecule has 9 nitrogen and oxygen atoms in total.